The molecule has 0 unspecified atom stereocenters. The summed E-state index contributed by atoms with van der Waals surface area (Å²) in [5, 5.41) is 2.66. The second kappa shape index (κ2) is 27.0. The van der Waals surface area contributed by atoms with Gasteiger partial charge in [-0.2, -0.15) is 4.89 Å². The van der Waals surface area contributed by atoms with Crippen LogP contribution in [-0.2, 0) is 53.1 Å². The predicted octanol–water partition coefficient (Wildman–Crippen LogP) is 2.71. The Hall–Kier alpha value is -3.56. The Bertz CT molecular complexity index is 735. The van der Waals surface area contributed by atoms with E-state index in [1.807, 2.05) is 0 Å². The number of amides is 1. The highest BCUT2D eigenvalue weighted by Crippen LogP contribution is 2.02. The molecule has 0 aliphatic rings. The van der Waals surface area contributed by atoms with Gasteiger partial charge < -0.3 is 24.4 Å². The van der Waals surface area contributed by atoms with Gasteiger partial charge in [0.25, 0.3) is 0 Å². The van der Waals surface area contributed by atoms with Crippen LogP contribution in [0.5, 0.6) is 0 Å². The maximum atomic E-state index is 12.0. The fraction of sp³-hybridized carbons (Fsp3) is 0.538. The van der Waals surface area contributed by atoms with Crippen molar-refractivity contribution < 1.29 is 57.9 Å². The summed E-state index contributed by atoms with van der Waals surface area (Å²) >= 11 is 0. The smallest absolute Gasteiger partial charge is 0.407 e. The summed E-state index contributed by atoms with van der Waals surface area (Å²) in [5.41, 5.74) is 0. The lowest BCUT2D eigenvalue weighted by atomic mass is 10.2. The van der Waals surface area contributed by atoms with E-state index in [0.29, 0.717) is 13.1 Å². The first-order valence-corrected chi connectivity index (χ1v) is 12.5. The molecule has 0 saturated carbocycles. The Balaban J connectivity index is 4.05. The molecule has 1 amide bonds. The molecule has 0 bridgehead atoms. The lowest BCUT2D eigenvalue weighted by Crippen LogP contribution is -2.34. The van der Waals surface area contributed by atoms with Crippen LogP contribution in [0.4, 0.5) is 4.79 Å². The monoisotopic (exact) mass is 572 g/mol. The number of hydrogen-bond acceptors (Lipinski definition) is 13. The van der Waals surface area contributed by atoms with Gasteiger partial charge in [0, 0.05) is 25.2 Å². The van der Waals surface area contributed by atoms with Gasteiger partial charge in [-0.05, 0) is 12.8 Å². The third kappa shape index (κ3) is 23.5. The summed E-state index contributed by atoms with van der Waals surface area (Å²) in [7, 11) is 0. The first-order chi connectivity index (χ1) is 19.5. The number of esters is 2. The van der Waals surface area contributed by atoms with E-state index in [0.717, 1.165) is 44.2 Å². The van der Waals surface area contributed by atoms with Gasteiger partial charge in [0.1, 0.15) is 39.6 Å². The van der Waals surface area contributed by atoms with E-state index >= 15 is 0 Å². The van der Waals surface area contributed by atoms with Gasteiger partial charge in [-0.1, -0.05) is 38.2 Å². The molecule has 0 aromatic carbocycles. The third-order valence-electron chi connectivity index (χ3n) is 4.27. The molecule has 0 aromatic heterocycles. The van der Waals surface area contributed by atoms with Crippen molar-refractivity contribution in [1.82, 2.24) is 5.32 Å². The van der Waals surface area contributed by atoms with E-state index in [4.69, 9.17) is 43.5 Å². The number of hydrogen-bond donors (Lipinski definition) is 1. The number of ether oxygens (including phenoxy) is 3. The number of rotatable bonds is 27. The van der Waals surface area contributed by atoms with Gasteiger partial charge in [-0.25, -0.2) is 33.9 Å². The van der Waals surface area contributed by atoms with Crippen LogP contribution in [0, 0.1) is 0 Å². The van der Waals surface area contributed by atoms with Crippen molar-refractivity contribution in [3.05, 3.63) is 50.6 Å². The van der Waals surface area contributed by atoms with Crippen LogP contribution in [0.1, 0.15) is 25.7 Å². The van der Waals surface area contributed by atoms with Crippen LogP contribution in [-0.4, -0.2) is 89.4 Å². The van der Waals surface area contributed by atoms with Gasteiger partial charge in [-0.3, -0.25) is 4.99 Å². The van der Waals surface area contributed by atoms with E-state index in [2.05, 4.69) is 36.6 Å². The van der Waals surface area contributed by atoms with Crippen molar-refractivity contribution in [2.75, 3.05) is 52.7 Å². The Kier molecular flexibility index (Phi) is 24.6. The molecule has 226 valence electrons. The molecule has 0 fully saturated rings. The minimum atomic E-state index is -0.870. The molecule has 0 radical (unpaired) electrons. The number of carbonyl (C=O) groups is 3. The van der Waals surface area contributed by atoms with Gasteiger partial charge in [0.05, 0.1) is 0 Å². The standard InChI is InChI=1S/C26H40N2O12/c1-5-15-34-36-19-22(20-37-35-16-6-2)39-26(31)28-14-12-10-9-11-13-27-21-38-40-23(17-32-24(29)7-3)18-33-25(30)8-4/h5-8,21-23H,1-4,9-20H2,(H,28,31). The Morgan fingerprint density at radius 2 is 1.30 bits per heavy atom. The number of carbonyl (C=O) groups excluding carboxylic acids is 3. The summed E-state index contributed by atoms with van der Waals surface area (Å²) in [6.45, 7) is 14.3. The van der Waals surface area contributed by atoms with E-state index in [1.165, 1.54) is 12.2 Å². The molecule has 0 aliphatic carbocycles. The maximum Gasteiger partial charge on any atom is 0.407 e. The van der Waals surface area contributed by atoms with E-state index in [-0.39, 0.29) is 39.6 Å². The van der Waals surface area contributed by atoms with Crippen molar-refractivity contribution in [3.63, 3.8) is 0 Å². The number of alkyl carbamates (subject to hydrolysis) is 1. The van der Waals surface area contributed by atoms with E-state index in [9.17, 15) is 14.4 Å². The fourth-order valence-corrected chi connectivity index (χ4v) is 2.38. The average Bonchev–Trinajstić information content (AvgIpc) is 2.96. The van der Waals surface area contributed by atoms with Crippen LogP contribution >= 0.6 is 0 Å². The predicted molar refractivity (Wildman–Crippen MR) is 143 cm³/mol. The van der Waals surface area contributed by atoms with Crippen molar-refractivity contribution in [2.45, 2.75) is 37.9 Å². The fourth-order valence-electron chi connectivity index (χ4n) is 2.38. The number of nitrogens with one attached hydrogen (secondary N) is 1. The topological polar surface area (TPSA) is 159 Å². The highest BCUT2D eigenvalue weighted by molar-refractivity contribution is 5.81. The lowest BCUT2D eigenvalue weighted by Gasteiger charge is -2.17. The lowest BCUT2D eigenvalue weighted by molar-refractivity contribution is -0.324. The van der Waals surface area contributed by atoms with Gasteiger partial charge >= 0.3 is 18.0 Å². The number of unbranched alkanes of at least 4 members (excludes halogenated alkanes) is 3. The maximum absolute atomic E-state index is 12.0. The van der Waals surface area contributed by atoms with E-state index < -0.39 is 30.2 Å². The number of aliphatic imine (C=N–C) groups is 1. The Morgan fingerprint density at radius 3 is 1.85 bits per heavy atom. The minimum absolute atomic E-state index is 0.0554. The van der Waals surface area contributed by atoms with Gasteiger partial charge in [0.15, 0.2) is 12.2 Å². The van der Waals surface area contributed by atoms with Crippen molar-refractivity contribution in [1.29, 1.82) is 0 Å². The highest BCUT2D eigenvalue weighted by Gasteiger charge is 2.17. The van der Waals surface area contributed by atoms with Crippen LogP contribution in [0.3, 0.4) is 0 Å². The first kappa shape index (κ1) is 36.4. The quantitative estimate of drug-likeness (QED) is 0.0177. The molecular weight excluding hydrogens is 532 g/mol. The van der Waals surface area contributed by atoms with Crippen LogP contribution in [0.25, 0.3) is 0 Å². The van der Waals surface area contributed by atoms with Gasteiger partial charge in [0.2, 0.25) is 6.40 Å². The highest BCUT2D eigenvalue weighted by atomic mass is 17.2. The minimum Gasteiger partial charge on any atom is -0.459 e. The van der Waals surface area contributed by atoms with Crippen LogP contribution in [0.15, 0.2) is 55.6 Å². The molecule has 0 spiro atoms. The van der Waals surface area contributed by atoms with Crippen molar-refractivity contribution in [2.24, 2.45) is 4.99 Å². The molecular formula is C26H40N2O12. The summed E-state index contributed by atoms with van der Waals surface area (Å²) in [6.07, 6.45) is 7.07. The van der Waals surface area contributed by atoms with Crippen LogP contribution in [0.2, 0.25) is 0 Å². The largest absolute Gasteiger partial charge is 0.459 e. The zero-order valence-electron chi connectivity index (χ0n) is 22.7. The van der Waals surface area contributed by atoms with Crippen molar-refractivity contribution in [3.8, 4) is 0 Å². The Morgan fingerprint density at radius 1 is 0.725 bits per heavy atom. The third-order valence-corrected chi connectivity index (χ3v) is 4.27. The Labute approximate surface area is 234 Å². The molecule has 14 heteroatoms. The molecule has 0 heterocycles. The second-order valence-corrected chi connectivity index (χ2v) is 7.58. The SMILES string of the molecule is C=CCOOCC(COOCC=C)OC(=O)NCCCCCCN=COOC(COC(=O)C=C)COC(=O)C=C. The van der Waals surface area contributed by atoms with Crippen LogP contribution < -0.4 is 5.32 Å². The molecule has 1 N–H and O–H groups in total. The molecule has 14 nitrogen and oxygen atoms in total. The average molecular weight is 573 g/mol. The molecule has 40 heavy (non-hydrogen) atoms. The molecule has 0 saturated heterocycles. The molecule has 0 atom stereocenters. The zero-order valence-corrected chi connectivity index (χ0v) is 22.7. The summed E-state index contributed by atoms with van der Waals surface area (Å²) in [4.78, 5) is 68.0. The molecule has 0 aromatic rings. The first-order valence-electron chi connectivity index (χ1n) is 12.5. The summed E-state index contributed by atoms with van der Waals surface area (Å²) < 4.78 is 15.0. The zero-order chi connectivity index (χ0) is 29.7. The molecule has 0 aliphatic heterocycles. The molecule has 0 rings (SSSR count). The summed E-state index contributed by atoms with van der Waals surface area (Å²) in [6, 6.07) is 0. The second-order valence-electron chi connectivity index (χ2n) is 7.58. The van der Waals surface area contributed by atoms with Gasteiger partial charge in [-0.15, -0.1) is 13.2 Å². The number of nitrogens with zero attached hydrogens (tertiary/aromatic N) is 1. The van der Waals surface area contributed by atoms with E-state index in [1.54, 1.807) is 0 Å². The normalized spacial score (nSPS) is 10.8. The summed E-state index contributed by atoms with van der Waals surface area (Å²) in [5.74, 6) is -1.32. The van der Waals surface area contributed by atoms with Crippen molar-refractivity contribution >= 4 is 24.4 Å².